The Bertz CT molecular complexity index is 1460. The second-order valence-corrected chi connectivity index (χ2v) is 9.38. The zero-order chi connectivity index (χ0) is 27.6. The van der Waals surface area contributed by atoms with Gasteiger partial charge in [0.2, 0.25) is 0 Å². The molecule has 0 bridgehead atoms. The van der Waals surface area contributed by atoms with Gasteiger partial charge in [0.25, 0.3) is 0 Å². The van der Waals surface area contributed by atoms with Crippen molar-refractivity contribution in [2.24, 2.45) is 10.6 Å². The Hall–Kier alpha value is -4.59. The SMILES string of the molecule is CCOC(=O)C1=C(C)N[C@H](c2cccc(OC)c2)[C@]2(C(=O)ON=C2c2ccccc2)[C@@H]1c1cccc(OC)c1. The second-order valence-electron chi connectivity index (χ2n) is 9.38. The van der Waals surface area contributed by atoms with Crippen LogP contribution in [0, 0.1) is 5.41 Å². The van der Waals surface area contributed by atoms with E-state index in [1.165, 1.54) is 0 Å². The van der Waals surface area contributed by atoms with Crippen LogP contribution in [0.25, 0.3) is 0 Å². The lowest BCUT2D eigenvalue weighted by atomic mass is 9.57. The molecule has 2 heterocycles. The summed E-state index contributed by atoms with van der Waals surface area (Å²) in [4.78, 5) is 33.4. The molecule has 1 N–H and O–H groups in total. The van der Waals surface area contributed by atoms with Gasteiger partial charge < -0.3 is 24.4 Å². The van der Waals surface area contributed by atoms with Crippen LogP contribution in [-0.2, 0) is 19.2 Å². The summed E-state index contributed by atoms with van der Waals surface area (Å²) in [6.07, 6.45) is 0. The molecule has 2 aliphatic rings. The summed E-state index contributed by atoms with van der Waals surface area (Å²) in [6.45, 7) is 3.75. The van der Waals surface area contributed by atoms with E-state index in [9.17, 15) is 9.59 Å². The van der Waals surface area contributed by atoms with Crippen LogP contribution in [0.1, 0.15) is 42.5 Å². The third kappa shape index (κ3) is 4.31. The highest BCUT2D eigenvalue weighted by Gasteiger charge is 2.65. The summed E-state index contributed by atoms with van der Waals surface area (Å²) in [7, 11) is 3.16. The molecule has 5 rings (SSSR count). The molecule has 3 aromatic carbocycles. The highest BCUT2D eigenvalue weighted by Crippen LogP contribution is 2.58. The van der Waals surface area contributed by atoms with Gasteiger partial charge in [-0.15, -0.1) is 0 Å². The predicted molar refractivity (Wildman–Crippen MR) is 145 cm³/mol. The first-order chi connectivity index (χ1) is 18.9. The molecule has 0 amide bonds. The lowest BCUT2D eigenvalue weighted by Crippen LogP contribution is -2.55. The molecule has 0 saturated heterocycles. The van der Waals surface area contributed by atoms with Gasteiger partial charge in [0.1, 0.15) is 17.2 Å². The largest absolute Gasteiger partial charge is 0.497 e. The van der Waals surface area contributed by atoms with Gasteiger partial charge in [-0.2, -0.15) is 0 Å². The maximum atomic E-state index is 14.2. The second kappa shape index (κ2) is 10.6. The highest BCUT2D eigenvalue weighted by molar-refractivity contribution is 6.20. The number of methoxy groups -OCH3 is 2. The summed E-state index contributed by atoms with van der Waals surface area (Å²) < 4.78 is 16.6. The highest BCUT2D eigenvalue weighted by atomic mass is 16.7. The molecule has 0 fully saturated rings. The number of rotatable bonds is 7. The molecule has 3 aromatic rings. The molecule has 3 atom stereocenters. The molecule has 200 valence electrons. The number of carbonyl (C=O) groups excluding carboxylic acids is 2. The smallest absolute Gasteiger partial charge is 0.350 e. The Morgan fingerprint density at radius 2 is 1.59 bits per heavy atom. The van der Waals surface area contributed by atoms with E-state index in [0.717, 1.165) is 5.56 Å². The van der Waals surface area contributed by atoms with E-state index in [2.05, 4.69) is 10.5 Å². The normalized spacial score (nSPS) is 22.2. The molecule has 8 nitrogen and oxygen atoms in total. The van der Waals surface area contributed by atoms with Gasteiger partial charge in [-0.1, -0.05) is 59.8 Å². The molecule has 0 aliphatic carbocycles. The first-order valence-electron chi connectivity index (χ1n) is 12.7. The molecule has 0 radical (unpaired) electrons. The fraction of sp³-hybridized carbons (Fsp3) is 0.258. The average Bonchev–Trinajstić information content (AvgIpc) is 3.30. The lowest BCUT2D eigenvalue weighted by Gasteiger charge is -2.46. The van der Waals surface area contributed by atoms with Crippen LogP contribution < -0.4 is 14.8 Å². The molecule has 2 aliphatic heterocycles. The van der Waals surface area contributed by atoms with Crippen molar-refractivity contribution in [3.63, 3.8) is 0 Å². The lowest BCUT2D eigenvalue weighted by molar-refractivity contribution is -0.151. The number of esters is 1. The van der Waals surface area contributed by atoms with Crippen LogP contribution in [0.4, 0.5) is 0 Å². The van der Waals surface area contributed by atoms with Gasteiger partial charge in [-0.25, -0.2) is 9.59 Å². The van der Waals surface area contributed by atoms with Crippen molar-refractivity contribution in [2.75, 3.05) is 20.8 Å². The first kappa shape index (κ1) is 26.0. The first-order valence-corrected chi connectivity index (χ1v) is 12.7. The summed E-state index contributed by atoms with van der Waals surface area (Å²) >= 11 is 0. The van der Waals surface area contributed by atoms with Crippen LogP contribution in [0.3, 0.4) is 0 Å². The van der Waals surface area contributed by atoms with E-state index in [4.69, 9.17) is 19.0 Å². The molecule has 1 spiro atoms. The number of benzene rings is 3. The minimum absolute atomic E-state index is 0.177. The van der Waals surface area contributed by atoms with E-state index in [1.54, 1.807) is 21.1 Å². The Morgan fingerprint density at radius 1 is 0.949 bits per heavy atom. The molecule has 0 unspecified atom stereocenters. The number of nitrogens with zero attached hydrogens (tertiary/aromatic N) is 1. The van der Waals surface area contributed by atoms with Crippen molar-refractivity contribution < 1.29 is 28.6 Å². The van der Waals surface area contributed by atoms with Gasteiger partial charge >= 0.3 is 11.9 Å². The molecular weight excluding hydrogens is 496 g/mol. The average molecular weight is 527 g/mol. The van der Waals surface area contributed by atoms with E-state index < -0.39 is 29.3 Å². The molecule has 39 heavy (non-hydrogen) atoms. The molecule has 0 saturated carbocycles. The van der Waals surface area contributed by atoms with Crippen molar-refractivity contribution in [1.29, 1.82) is 0 Å². The number of carbonyl (C=O) groups is 2. The van der Waals surface area contributed by atoms with Gasteiger partial charge in [0, 0.05) is 17.2 Å². The summed E-state index contributed by atoms with van der Waals surface area (Å²) in [5.41, 5.74) is 2.00. The third-order valence-electron chi connectivity index (χ3n) is 7.31. The van der Waals surface area contributed by atoms with Crippen molar-refractivity contribution in [3.8, 4) is 11.5 Å². The fourth-order valence-electron chi connectivity index (χ4n) is 5.65. The molecule has 0 aromatic heterocycles. The minimum Gasteiger partial charge on any atom is -0.497 e. The number of oxime groups is 1. The van der Waals surface area contributed by atoms with Crippen molar-refractivity contribution >= 4 is 17.7 Å². The predicted octanol–water partition coefficient (Wildman–Crippen LogP) is 4.92. The number of hydrogen-bond acceptors (Lipinski definition) is 8. The number of hydrogen-bond donors (Lipinski definition) is 1. The van der Waals surface area contributed by atoms with E-state index in [1.807, 2.05) is 85.8 Å². The fourth-order valence-corrected chi connectivity index (χ4v) is 5.65. The maximum absolute atomic E-state index is 14.2. The molecular formula is C31H30N2O6. The van der Waals surface area contributed by atoms with Gasteiger partial charge in [-0.05, 0) is 49.2 Å². The van der Waals surface area contributed by atoms with E-state index in [0.29, 0.717) is 39.6 Å². The Labute approximate surface area is 227 Å². The monoisotopic (exact) mass is 526 g/mol. The Morgan fingerprint density at radius 3 is 2.23 bits per heavy atom. The van der Waals surface area contributed by atoms with Crippen molar-refractivity contribution in [1.82, 2.24) is 5.32 Å². The summed E-state index contributed by atoms with van der Waals surface area (Å²) in [6, 6.07) is 23.6. The van der Waals surface area contributed by atoms with Crippen LogP contribution in [0.5, 0.6) is 11.5 Å². The molecule has 8 heteroatoms. The number of ether oxygens (including phenoxy) is 3. The van der Waals surface area contributed by atoms with E-state index >= 15 is 0 Å². The topological polar surface area (TPSA) is 95.5 Å². The van der Waals surface area contributed by atoms with Crippen molar-refractivity contribution in [2.45, 2.75) is 25.8 Å². The van der Waals surface area contributed by atoms with Crippen LogP contribution in [0.15, 0.2) is 95.3 Å². The van der Waals surface area contributed by atoms with Crippen LogP contribution in [0.2, 0.25) is 0 Å². The number of nitrogens with one attached hydrogen (secondary N) is 1. The quantitative estimate of drug-likeness (QED) is 0.345. The van der Waals surface area contributed by atoms with Gasteiger partial charge in [0.05, 0.1) is 32.4 Å². The van der Waals surface area contributed by atoms with Crippen LogP contribution >= 0.6 is 0 Å². The number of allylic oxidation sites excluding steroid dienone is 1. The van der Waals surface area contributed by atoms with Gasteiger partial charge in [-0.3, -0.25) is 0 Å². The maximum Gasteiger partial charge on any atom is 0.350 e. The minimum atomic E-state index is -1.48. The van der Waals surface area contributed by atoms with Gasteiger partial charge in [0.15, 0.2) is 5.41 Å². The van der Waals surface area contributed by atoms with Crippen LogP contribution in [-0.4, -0.2) is 38.5 Å². The summed E-state index contributed by atoms with van der Waals surface area (Å²) in [5, 5.41) is 7.83. The van der Waals surface area contributed by atoms with Crippen molar-refractivity contribution in [3.05, 3.63) is 107 Å². The zero-order valence-electron chi connectivity index (χ0n) is 22.3. The summed E-state index contributed by atoms with van der Waals surface area (Å²) in [5.74, 6) is -0.706. The van der Waals surface area contributed by atoms with E-state index in [-0.39, 0.29) is 6.61 Å². The zero-order valence-corrected chi connectivity index (χ0v) is 22.3. The Balaban J connectivity index is 1.87. The third-order valence-corrected chi connectivity index (χ3v) is 7.31. The standard InChI is InChI=1S/C31H30N2O6/c1-5-38-29(34)25-19(2)32-27(22-14-10-16-24(18-22)37-4)31(26(25)21-13-9-15-23(17-21)36-3)28(33-39-30(31)35)20-11-7-6-8-12-20/h6-18,26-27,32H,5H2,1-4H3/t26-,27-,31-/m1/s1. The Kier molecular flexibility index (Phi) is 7.11.